The minimum Gasteiger partial charge on any atom is -0.345 e. The molecule has 0 fully saturated rings. The van der Waals surface area contributed by atoms with Crippen LogP contribution in [-0.4, -0.2) is 31.4 Å². The Labute approximate surface area is 154 Å². The summed E-state index contributed by atoms with van der Waals surface area (Å²) in [5.74, 6) is -0.212. The Morgan fingerprint density at radius 2 is 1.92 bits per heavy atom. The second-order valence-corrected chi connectivity index (χ2v) is 6.42. The molecule has 25 heavy (non-hydrogen) atoms. The van der Waals surface area contributed by atoms with Gasteiger partial charge < -0.3 is 15.5 Å². The Hall–Kier alpha value is -2.24. The van der Waals surface area contributed by atoms with E-state index in [9.17, 15) is 4.79 Å². The SMILES string of the molecule is CNCCCN1c2ccccc2CC(NC(=O)C=S)c2ccccc21. The summed E-state index contributed by atoms with van der Waals surface area (Å²) in [5, 5.41) is 7.44. The van der Waals surface area contributed by atoms with Gasteiger partial charge in [-0.25, -0.2) is 0 Å². The van der Waals surface area contributed by atoms with Gasteiger partial charge in [0.2, 0.25) is 0 Å². The molecule has 0 saturated carbocycles. The van der Waals surface area contributed by atoms with Gasteiger partial charge in [0.25, 0.3) is 5.91 Å². The molecule has 2 N–H and O–H groups in total. The first-order valence-electron chi connectivity index (χ1n) is 8.59. The number of rotatable bonds is 6. The molecular formula is C20H23N3OS. The van der Waals surface area contributed by atoms with Crippen molar-refractivity contribution in [3.8, 4) is 0 Å². The number of benzene rings is 2. The molecule has 1 aliphatic heterocycles. The van der Waals surface area contributed by atoms with Gasteiger partial charge >= 0.3 is 0 Å². The average molecular weight is 353 g/mol. The van der Waals surface area contributed by atoms with E-state index in [4.69, 9.17) is 12.2 Å². The summed E-state index contributed by atoms with van der Waals surface area (Å²) >= 11 is 4.79. The fourth-order valence-electron chi connectivity index (χ4n) is 3.42. The molecule has 0 radical (unpaired) electrons. The van der Waals surface area contributed by atoms with Crippen LogP contribution >= 0.6 is 12.2 Å². The first kappa shape index (κ1) is 17.6. The number of carbonyl (C=O) groups is 1. The highest BCUT2D eigenvalue weighted by atomic mass is 32.1. The predicted octanol–water partition coefficient (Wildman–Crippen LogP) is 3.15. The molecule has 0 bridgehead atoms. The molecule has 2 aromatic rings. The van der Waals surface area contributed by atoms with Gasteiger partial charge in [-0.3, -0.25) is 4.79 Å². The number of nitrogens with zero attached hydrogens (tertiary/aromatic N) is 1. The monoisotopic (exact) mass is 353 g/mol. The zero-order valence-corrected chi connectivity index (χ0v) is 15.2. The van der Waals surface area contributed by atoms with Crippen LogP contribution in [0.1, 0.15) is 23.6 Å². The first-order valence-corrected chi connectivity index (χ1v) is 9.06. The molecule has 0 spiro atoms. The number of hydrogen-bond acceptors (Lipinski definition) is 4. The lowest BCUT2D eigenvalue weighted by molar-refractivity contribution is -0.114. The highest BCUT2D eigenvalue weighted by Crippen LogP contribution is 2.39. The lowest BCUT2D eigenvalue weighted by Gasteiger charge is -2.27. The van der Waals surface area contributed by atoms with Gasteiger partial charge in [0.15, 0.2) is 0 Å². The number of para-hydroxylation sites is 2. The molecule has 1 aliphatic rings. The van der Waals surface area contributed by atoms with Gasteiger partial charge in [0, 0.05) is 17.9 Å². The molecule has 1 amide bonds. The van der Waals surface area contributed by atoms with E-state index in [1.54, 1.807) is 0 Å². The normalized spacial score (nSPS) is 15.7. The topological polar surface area (TPSA) is 44.4 Å². The zero-order valence-electron chi connectivity index (χ0n) is 14.4. The number of thiocarbonyl (C=S) groups is 1. The molecule has 130 valence electrons. The first-order chi connectivity index (χ1) is 12.2. The maximum absolute atomic E-state index is 11.9. The van der Waals surface area contributed by atoms with Crippen LogP contribution in [0, 0.1) is 0 Å². The molecule has 0 aliphatic carbocycles. The highest BCUT2D eigenvalue weighted by molar-refractivity contribution is 7.80. The highest BCUT2D eigenvalue weighted by Gasteiger charge is 2.26. The van der Waals surface area contributed by atoms with Crippen LogP contribution in [0.25, 0.3) is 0 Å². The minimum atomic E-state index is -0.212. The number of amides is 1. The van der Waals surface area contributed by atoms with Crippen LogP contribution in [0.5, 0.6) is 0 Å². The van der Waals surface area contributed by atoms with Crippen molar-refractivity contribution in [3.05, 3.63) is 59.7 Å². The van der Waals surface area contributed by atoms with Crippen molar-refractivity contribution >= 4 is 34.9 Å². The van der Waals surface area contributed by atoms with E-state index in [0.717, 1.165) is 37.2 Å². The van der Waals surface area contributed by atoms with Crippen molar-refractivity contribution in [2.75, 3.05) is 25.0 Å². The third-order valence-corrected chi connectivity index (χ3v) is 4.76. The van der Waals surface area contributed by atoms with Gasteiger partial charge in [0.05, 0.1) is 11.4 Å². The van der Waals surface area contributed by atoms with E-state index in [2.05, 4.69) is 58.0 Å². The molecule has 1 heterocycles. The summed E-state index contributed by atoms with van der Waals surface area (Å²) < 4.78 is 0. The Kier molecular flexibility index (Phi) is 5.79. The van der Waals surface area contributed by atoms with Gasteiger partial charge in [-0.15, -0.1) is 0 Å². The Bertz CT molecular complexity index is 762. The zero-order chi connectivity index (χ0) is 17.6. The quantitative estimate of drug-likeness (QED) is 0.619. The molecule has 2 aromatic carbocycles. The number of anilines is 2. The fourth-order valence-corrected chi connectivity index (χ4v) is 3.49. The maximum atomic E-state index is 11.9. The third-order valence-electron chi connectivity index (χ3n) is 4.54. The van der Waals surface area contributed by atoms with Gasteiger partial charge in [-0.05, 0) is 49.7 Å². The lowest BCUT2D eigenvalue weighted by atomic mass is 9.99. The van der Waals surface area contributed by atoms with E-state index in [1.165, 1.54) is 16.6 Å². The minimum absolute atomic E-state index is 0.0849. The summed E-state index contributed by atoms with van der Waals surface area (Å²) in [7, 11) is 1.97. The summed E-state index contributed by atoms with van der Waals surface area (Å²) in [6.45, 7) is 1.88. The van der Waals surface area contributed by atoms with Crippen LogP contribution < -0.4 is 15.5 Å². The van der Waals surface area contributed by atoms with Crippen molar-refractivity contribution in [2.24, 2.45) is 0 Å². The Morgan fingerprint density at radius 3 is 2.68 bits per heavy atom. The van der Waals surface area contributed by atoms with Crippen LogP contribution in [0.3, 0.4) is 0 Å². The number of nitrogens with one attached hydrogen (secondary N) is 2. The van der Waals surface area contributed by atoms with Crippen LogP contribution in [0.4, 0.5) is 11.4 Å². The van der Waals surface area contributed by atoms with Crippen molar-refractivity contribution in [3.63, 3.8) is 0 Å². The molecule has 3 rings (SSSR count). The third kappa shape index (κ3) is 3.89. The lowest BCUT2D eigenvalue weighted by Crippen LogP contribution is -2.30. The predicted molar refractivity (Wildman–Crippen MR) is 107 cm³/mol. The van der Waals surface area contributed by atoms with Crippen LogP contribution in [0.15, 0.2) is 48.5 Å². The van der Waals surface area contributed by atoms with E-state index in [-0.39, 0.29) is 11.9 Å². The van der Waals surface area contributed by atoms with E-state index in [1.807, 2.05) is 13.1 Å². The summed E-state index contributed by atoms with van der Waals surface area (Å²) in [6, 6.07) is 16.7. The average Bonchev–Trinajstić information content (AvgIpc) is 2.77. The fraction of sp³-hybridized carbons (Fsp3) is 0.300. The van der Waals surface area contributed by atoms with Crippen LogP contribution in [-0.2, 0) is 11.2 Å². The summed E-state index contributed by atoms with van der Waals surface area (Å²) in [6.07, 6.45) is 1.79. The van der Waals surface area contributed by atoms with Gasteiger partial charge in [-0.2, -0.15) is 0 Å². The number of hydrogen-bond donors (Lipinski definition) is 2. The van der Waals surface area contributed by atoms with E-state index >= 15 is 0 Å². The molecule has 1 unspecified atom stereocenters. The molecule has 4 nitrogen and oxygen atoms in total. The van der Waals surface area contributed by atoms with Crippen molar-refractivity contribution in [1.29, 1.82) is 0 Å². The summed E-state index contributed by atoms with van der Waals surface area (Å²) in [4.78, 5) is 14.3. The standard InChI is InChI=1S/C20H23N3OS/c1-21-11-6-12-23-18-9-4-2-7-15(18)13-17(22-20(24)14-25)16-8-3-5-10-19(16)23/h2-5,7-10,14,17,21H,6,11-13H2,1H3,(H,22,24). The van der Waals surface area contributed by atoms with Crippen molar-refractivity contribution < 1.29 is 4.79 Å². The van der Waals surface area contributed by atoms with Gasteiger partial charge in [-0.1, -0.05) is 48.6 Å². The van der Waals surface area contributed by atoms with Crippen LogP contribution in [0.2, 0.25) is 0 Å². The Morgan fingerprint density at radius 1 is 1.20 bits per heavy atom. The molecule has 1 atom stereocenters. The maximum Gasteiger partial charge on any atom is 0.255 e. The van der Waals surface area contributed by atoms with Crippen molar-refractivity contribution in [1.82, 2.24) is 10.6 Å². The van der Waals surface area contributed by atoms with Gasteiger partial charge in [0.1, 0.15) is 0 Å². The number of fused-ring (bicyclic) bond motifs is 2. The van der Waals surface area contributed by atoms with E-state index in [0.29, 0.717) is 0 Å². The molecule has 5 heteroatoms. The second-order valence-electron chi connectivity index (χ2n) is 6.18. The molecule has 0 saturated heterocycles. The number of carbonyl (C=O) groups excluding carboxylic acids is 1. The van der Waals surface area contributed by atoms with Crippen molar-refractivity contribution in [2.45, 2.75) is 18.9 Å². The summed E-state index contributed by atoms with van der Waals surface area (Å²) in [5.41, 5.74) is 4.73. The Balaban J connectivity index is 2.05. The van der Waals surface area contributed by atoms with E-state index < -0.39 is 0 Å². The smallest absolute Gasteiger partial charge is 0.255 e. The largest absolute Gasteiger partial charge is 0.345 e. The molecule has 0 aromatic heterocycles. The second kappa shape index (κ2) is 8.23. The molecular weight excluding hydrogens is 330 g/mol.